The fourth-order valence-corrected chi connectivity index (χ4v) is 7.55. The molecule has 0 unspecified atom stereocenters. The number of aromatic hydroxyl groups is 1. The molecule has 0 saturated heterocycles. The molecule has 0 heterocycles. The van der Waals surface area contributed by atoms with Crippen molar-refractivity contribution in [3.63, 3.8) is 0 Å². The van der Waals surface area contributed by atoms with E-state index in [0.29, 0.717) is 35.5 Å². The summed E-state index contributed by atoms with van der Waals surface area (Å²) in [6.45, 7) is 5.53. The zero-order valence-corrected chi connectivity index (χ0v) is 24.4. The molecule has 42 heavy (non-hydrogen) atoms. The highest BCUT2D eigenvalue weighted by Gasteiger charge is 2.61. The third-order valence-electron chi connectivity index (χ3n) is 9.74. The molecule has 0 spiro atoms. The molecule has 2 saturated carbocycles. The molecular formula is C34H39NO7. The SMILES string of the molecule is CCOC(=O)C(NC(=O)c1ccc(C#C[C@]2(O)CC[C@H]3[C@@H]4CCc5cc(O)ccc5[C@H]4CC[C@@]32C)cc1)C(=O)OCC. The van der Waals surface area contributed by atoms with E-state index in [4.69, 9.17) is 9.47 Å². The highest BCUT2D eigenvalue weighted by Crippen LogP contribution is 2.64. The molecule has 8 heteroatoms. The first kappa shape index (κ1) is 29.7. The predicted octanol–water partition coefficient (Wildman–Crippen LogP) is 4.26. The van der Waals surface area contributed by atoms with Crippen molar-refractivity contribution in [3.8, 4) is 17.6 Å². The Balaban J connectivity index is 1.29. The Morgan fingerprint density at radius 3 is 2.36 bits per heavy atom. The second kappa shape index (κ2) is 11.8. The number of aryl methyl sites for hydroxylation is 1. The van der Waals surface area contributed by atoms with Crippen molar-refractivity contribution >= 4 is 17.8 Å². The van der Waals surface area contributed by atoms with Gasteiger partial charge in [0.05, 0.1) is 13.2 Å². The average Bonchev–Trinajstić information content (AvgIpc) is 3.25. The minimum absolute atomic E-state index is 0.0602. The summed E-state index contributed by atoms with van der Waals surface area (Å²) in [5.74, 6) is 5.63. The van der Waals surface area contributed by atoms with Crippen molar-refractivity contribution in [2.24, 2.45) is 17.3 Å². The monoisotopic (exact) mass is 573 g/mol. The van der Waals surface area contributed by atoms with E-state index in [1.807, 2.05) is 6.07 Å². The van der Waals surface area contributed by atoms with Crippen molar-refractivity contribution in [2.75, 3.05) is 13.2 Å². The van der Waals surface area contributed by atoms with Gasteiger partial charge >= 0.3 is 11.9 Å². The molecule has 2 aromatic carbocycles. The van der Waals surface area contributed by atoms with Gasteiger partial charge in [-0.15, -0.1) is 0 Å². The van der Waals surface area contributed by atoms with Gasteiger partial charge in [-0.1, -0.05) is 24.8 Å². The topological polar surface area (TPSA) is 122 Å². The Kier molecular flexibility index (Phi) is 8.34. The number of rotatable bonds is 6. The summed E-state index contributed by atoms with van der Waals surface area (Å²) in [6.07, 6.45) is 5.42. The van der Waals surface area contributed by atoms with Crippen LogP contribution in [0.2, 0.25) is 0 Å². The van der Waals surface area contributed by atoms with Crippen LogP contribution in [-0.2, 0) is 25.5 Å². The van der Waals surface area contributed by atoms with Gasteiger partial charge < -0.3 is 25.0 Å². The highest BCUT2D eigenvalue weighted by molar-refractivity contribution is 6.05. The van der Waals surface area contributed by atoms with Crippen LogP contribution in [0.3, 0.4) is 0 Å². The summed E-state index contributed by atoms with van der Waals surface area (Å²) in [5.41, 5.74) is 2.08. The van der Waals surface area contributed by atoms with Crippen LogP contribution in [0.4, 0.5) is 0 Å². The van der Waals surface area contributed by atoms with Gasteiger partial charge in [0.2, 0.25) is 6.04 Å². The number of ether oxygens (including phenoxy) is 2. The van der Waals surface area contributed by atoms with E-state index >= 15 is 0 Å². The standard InChI is InChI=1S/C34H39NO7/c1-4-41-31(38)29(32(39)42-5-2)35-30(37)22-8-6-21(7-9-22)14-18-34(40)19-16-28-27-12-10-23-20-24(36)11-13-25(23)26(27)15-17-33(28,34)3/h6-9,11,13,20,26-29,36,40H,4-5,10,12,15-17,19H2,1-3H3,(H,35,37)/t26-,27-,28+,33+,34+/m1/s1. The number of phenolic OH excluding ortho intramolecular Hbond substituents is 1. The number of carbonyl (C=O) groups excluding carboxylic acids is 3. The van der Waals surface area contributed by atoms with Crippen LogP contribution in [0.1, 0.15) is 85.8 Å². The van der Waals surface area contributed by atoms with Crippen molar-refractivity contribution in [1.29, 1.82) is 0 Å². The zero-order chi connectivity index (χ0) is 30.1. The molecule has 3 N–H and O–H groups in total. The lowest BCUT2D eigenvalue weighted by Crippen LogP contribution is -2.50. The van der Waals surface area contributed by atoms with Crippen LogP contribution in [0.5, 0.6) is 5.75 Å². The highest BCUT2D eigenvalue weighted by atomic mass is 16.6. The summed E-state index contributed by atoms with van der Waals surface area (Å²) in [5, 5.41) is 24.2. The van der Waals surface area contributed by atoms with E-state index in [0.717, 1.165) is 32.1 Å². The molecule has 5 atom stereocenters. The van der Waals surface area contributed by atoms with Gasteiger partial charge in [0.1, 0.15) is 11.4 Å². The molecule has 2 aromatic rings. The number of hydrogen-bond acceptors (Lipinski definition) is 7. The molecule has 0 radical (unpaired) electrons. The van der Waals surface area contributed by atoms with E-state index in [9.17, 15) is 24.6 Å². The van der Waals surface area contributed by atoms with Crippen LogP contribution < -0.4 is 5.32 Å². The Hall–Kier alpha value is -3.83. The van der Waals surface area contributed by atoms with Gasteiger partial charge in [-0.3, -0.25) is 4.79 Å². The van der Waals surface area contributed by atoms with Gasteiger partial charge in [0.15, 0.2) is 0 Å². The Labute approximate surface area is 246 Å². The van der Waals surface area contributed by atoms with Crippen molar-refractivity contribution in [3.05, 3.63) is 64.7 Å². The first-order chi connectivity index (χ1) is 20.1. The molecular weight excluding hydrogens is 534 g/mol. The van der Waals surface area contributed by atoms with Gasteiger partial charge in [0.25, 0.3) is 5.91 Å². The van der Waals surface area contributed by atoms with Crippen LogP contribution in [0.25, 0.3) is 0 Å². The Bertz CT molecular complexity index is 1410. The molecule has 2 fully saturated rings. The minimum atomic E-state index is -1.55. The van der Waals surface area contributed by atoms with Gasteiger partial charge in [0, 0.05) is 16.5 Å². The number of nitrogens with one attached hydrogen (secondary N) is 1. The van der Waals surface area contributed by atoms with Gasteiger partial charge in [-0.05, 0) is 118 Å². The lowest BCUT2D eigenvalue weighted by atomic mass is 9.53. The third kappa shape index (κ3) is 5.38. The number of amides is 1. The van der Waals surface area contributed by atoms with E-state index in [-0.39, 0.29) is 24.2 Å². The molecule has 5 rings (SSSR count). The maximum absolute atomic E-state index is 12.8. The maximum atomic E-state index is 12.8. The van der Waals surface area contributed by atoms with Gasteiger partial charge in [-0.25, -0.2) is 9.59 Å². The molecule has 0 aliphatic heterocycles. The molecule has 8 nitrogen and oxygen atoms in total. The second-order valence-corrected chi connectivity index (χ2v) is 11.9. The summed E-state index contributed by atoms with van der Waals surface area (Å²) < 4.78 is 9.81. The quantitative estimate of drug-likeness (QED) is 0.268. The van der Waals surface area contributed by atoms with E-state index < -0.39 is 29.5 Å². The van der Waals surface area contributed by atoms with E-state index in [1.54, 1.807) is 44.2 Å². The number of aliphatic hydroxyl groups is 1. The number of fused-ring (bicyclic) bond motifs is 5. The number of hydrogen-bond donors (Lipinski definition) is 3. The third-order valence-corrected chi connectivity index (χ3v) is 9.74. The Morgan fingerprint density at radius 2 is 1.69 bits per heavy atom. The van der Waals surface area contributed by atoms with Crippen molar-refractivity contribution in [1.82, 2.24) is 5.32 Å². The second-order valence-electron chi connectivity index (χ2n) is 11.9. The lowest BCUT2D eigenvalue weighted by Gasteiger charge is -2.52. The fourth-order valence-electron chi connectivity index (χ4n) is 7.55. The summed E-state index contributed by atoms with van der Waals surface area (Å²) in [4.78, 5) is 37.2. The normalized spacial score (nSPS) is 27.5. The molecule has 3 aliphatic carbocycles. The average molecular weight is 574 g/mol. The largest absolute Gasteiger partial charge is 0.508 e. The maximum Gasteiger partial charge on any atom is 0.340 e. The summed E-state index contributed by atoms with van der Waals surface area (Å²) in [7, 11) is 0. The lowest BCUT2D eigenvalue weighted by molar-refractivity contribution is -0.157. The molecule has 1 amide bonds. The Morgan fingerprint density at radius 1 is 1.00 bits per heavy atom. The van der Waals surface area contributed by atoms with Crippen LogP contribution in [0.15, 0.2) is 42.5 Å². The number of carbonyl (C=O) groups is 3. The van der Waals surface area contributed by atoms with Crippen molar-refractivity contribution in [2.45, 2.75) is 76.9 Å². The van der Waals surface area contributed by atoms with Crippen LogP contribution >= 0.6 is 0 Å². The molecule has 222 valence electrons. The minimum Gasteiger partial charge on any atom is -0.508 e. The van der Waals surface area contributed by atoms with Crippen molar-refractivity contribution < 1.29 is 34.1 Å². The van der Waals surface area contributed by atoms with E-state index in [1.165, 1.54) is 11.1 Å². The molecule has 0 bridgehead atoms. The van der Waals surface area contributed by atoms with E-state index in [2.05, 4.69) is 30.1 Å². The van der Waals surface area contributed by atoms with Crippen LogP contribution in [-0.4, -0.2) is 52.9 Å². The summed E-state index contributed by atoms with van der Waals surface area (Å²) >= 11 is 0. The predicted molar refractivity (Wildman–Crippen MR) is 156 cm³/mol. The molecule has 3 aliphatic rings. The first-order valence-corrected chi connectivity index (χ1v) is 14.9. The smallest absolute Gasteiger partial charge is 0.340 e. The first-order valence-electron chi connectivity index (χ1n) is 14.9. The number of benzene rings is 2. The zero-order valence-electron chi connectivity index (χ0n) is 24.4. The fraction of sp³-hybridized carbons (Fsp3) is 0.500. The van der Waals surface area contributed by atoms with Crippen LogP contribution in [0, 0.1) is 29.1 Å². The summed E-state index contributed by atoms with van der Waals surface area (Å²) in [6, 6.07) is 10.7. The molecule has 0 aromatic heterocycles. The number of esters is 2. The van der Waals surface area contributed by atoms with Gasteiger partial charge in [-0.2, -0.15) is 0 Å². The number of phenols is 1.